The second-order valence-electron chi connectivity index (χ2n) is 6.42. The molecule has 1 heterocycles. The molecule has 0 aromatic heterocycles. The van der Waals surface area contributed by atoms with E-state index in [4.69, 9.17) is 5.73 Å². The van der Waals surface area contributed by atoms with Crippen LogP contribution in [0.2, 0.25) is 0 Å². The average Bonchev–Trinajstić information content (AvgIpc) is 2.60. The van der Waals surface area contributed by atoms with Crippen molar-refractivity contribution in [3.63, 3.8) is 0 Å². The Morgan fingerprint density at radius 2 is 2.00 bits per heavy atom. The van der Waals surface area contributed by atoms with Gasteiger partial charge in [0.15, 0.2) is 0 Å². The van der Waals surface area contributed by atoms with Gasteiger partial charge in [-0.05, 0) is 28.5 Å². The molecule has 2 nitrogen and oxygen atoms in total. The van der Waals surface area contributed by atoms with E-state index in [1.165, 1.54) is 11.1 Å². The van der Waals surface area contributed by atoms with E-state index < -0.39 is 0 Å². The van der Waals surface area contributed by atoms with E-state index >= 15 is 0 Å². The van der Waals surface area contributed by atoms with Crippen LogP contribution in [0.4, 0.5) is 5.69 Å². The minimum Gasteiger partial charge on any atom is -0.398 e. The standard InChI is InChI=1S/C15H24N2/c1-11(15(2,3)4)8-17-9-12-6-5-7-14(16)13(12)10-17/h5-7,11H,8-10,16H2,1-4H3. The van der Waals surface area contributed by atoms with Crippen molar-refractivity contribution in [3.8, 4) is 0 Å². The van der Waals surface area contributed by atoms with Crippen LogP contribution in [-0.2, 0) is 13.1 Å². The van der Waals surface area contributed by atoms with Crippen molar-refractivity contribution < 1.29 is 0 Å². The predicted octanol–water partition coefficient (Wildman–Crippen LogP) is 3.27. The van der Waals surface area contributed by atoms with Gasteiger partial charge in [-0.1, -0.05) is 39.8 Å². The van der Waals surface area contributed by atoms with E-state index in [0.717, 1.165) is 25.3 Å². The van der Waals surface area contributed by atoms with Gasteiger partial charge in [0.25, 0.3) is 0 Å². The van der Waals surface area contributed by atoms with Gasteiger partial charge in [0.2, 0.25) is 0 Å². The first-order valence-electron chi connectivity index (χ1n) is 6.46. The van der Waals surface area contributed by atoms with Gasteiger partial charge < -0.3 is 5.73 Å². The summed E-state index contributed by atoms with van der Waals surface area (Å²) < 4.78 is 0. The maximum Gasteiger partial charge on any atom is 0.0363 e. The molecule has 1 aliphatic rings. The van der Waals surface area contributed by atoms with E-state index in [0.29, 0.717) is 11.3 Å². The van der Waals surface area contributed by atoms with Crippen LogP contribution in [0.15, 0.2) is 18.2 Å². The Morgan fingerprint density at radius 3 is 2.59 bits per heavy atom. The zero-order chi connectivity index (χ0) is 12.6. The second-order valence-corrected chi connectivity index (χ2v) is 6.42. The highest BCUT2D eigenvalue weighted by molar-refractivity contribution is 5.52. The molecule has 1 atom stereocenters. The molecule has 17 heavy (non-hydrogen) atoms. The van der Waals surface area contributed by atoms with E-state index in [2.05, 4.69) is 44.7 Å². The van der Waals surface area contributed by atoms with Crippen molar-refractivity contribution in [1.82, 2.24) is 4.90 Å². The fourth-order valence-corrected chi connectivity index (χ4v) is 2.31. The van der Waals surface area contributed by atoms with E-state index in [9.17, 15) is 0 Å². The number of fused-ring (bicyclic) bond motifs is 1. The number of hydrogen-bond acceptors (Lipinski definition) is 2. The van der Waals surface area contributed by atoms with Crippen molar-refractivity contribution in [2.45, 2.75) is 40.8 Å². The molecule has 0 bridgehead atoms. The quantitative estimate of drug-likeness (QED) is 0.793. The first-order chi connectivity index (χ1) is 7.88. The summed E-state index contributed by atoms with van der Waals surface area (Å²) in [4.78, 5) is 2.51. The maximum absolute atomic E-state index is 6.02. The summed E-state index contributed by atoms with van der Waals surface area (Å²) in [6.07, 6.45) is 0. The third-order valence-corrected chi connectivity index (χ3v) is 4.10. The van der Waals surface area contributed by atoms with Crippen LogP contribution in [0.5, 0.6) is 0 Å². The van der Waals surface area contributed by atoms with Crippen molar-refractivity contribution in [1.29, 1.82) is 0 Å². The minimum atomic E-state index is 0.375. The van der Waals surface area contributed by atoms with Gasteiger partial charge >= 0.3 is 0 Å². The molecule has 0 saturated carbocycles. The van der Waals surface area contributed by atoms with Crippen LogP contribution >= 0.6 is 0 Å². The van der Waals surface area contributed by atoms with Gasteiger partial charge in [-0.15, -0.1) is 0 Å². The highest BCUT2D eigenvalue weighted by Crippen LogP contribution is 2.31. The molecular weight excluding hydrogens is 208 g/mol. The third kappa shape index (κ3) is 2.63. The van der Waals surface area contributed by atoms with Crippen molar-refractivity contribution >= 4 is 5.69 Å². The fourth-order valence-electron chi connectivity index (χ4n) is 2.31. The lowest BCUT2D eigenvalue weighted by molar-refractivity contribution is 0.162. The molecule has 1 aliphatic heterocycles. The molecule has 0 spiro atoms. The number of nitrogen functional groups attached to an aromatic ring is 1. The maximum atomic E-state index is 6.02. The summed E-state index contributed by atoms with van der Waals surface area (Å²) in [5.41, 5.74) is 10.1. The summed E-state index contributed by atoms with van der Waals surface area (Å²) >= 11 is 0. The Balaban J connectivity index is 2.04. The molecule has 0 radical (unpaired) electrons. The lowest BCUT2D eigenvalue weighted by Crippen LogP contribution is -2.30. The van der Waals surface area contributed by atoms with E-state index in [1.54, 1.807) is 0 Å². The number of benzene rings is 1. The monoisotopic (exact) mass is 232 g/mol. The molecule has 0 saturated heterocycles. The summed E-state index contributed by atoms with van der Waals surface area (Å²) in [7, 11) is 0. The number of hydrogen-bond donors (Lipinski definition) is 1. The largest absolute Gasteiger partial charge is 0.398 e. The highest BCUT2D eigenvalue weighted by atomic mass is 15.1. The summed E-state index contributed by atoms with van der Waals surface area (Å²) in [5.74, 6) is 0.693. The smallest absolute Gasteiger partial charge is 0.0363 e. The lowest BCUT2D eigenvalue weighted by Gasteiger charge is -2.31. The lowest BCUT2D eigenvalue weighted by atomic mass is 9.82. The molecule has 1 aromatic rings. The van der Waals surface area contributed by atoms with Crippen LogP contribution < -0.4 is 5.73 Å². The molecule has 1 unspecified atom stereocenters. The Morgan fingerprint density at radius 1 is 1.29 bits per heavy atom. The second kappa shape index (κ2) is 4.34. The zero-order valence-corrected chi connectivity index (χ0v) is 11.5. The number of nitrogens with zero attached hydrogens (tertiary/aromatic N) is 1. The van der Waals surface area contributed by atoms with Gasteiger partial charge in [-0.25, -0.2) is 0 Å². The summed E-state index contributed by atoms with van der Waals surface area (Å²) in [5, 5.41) is 0. The van der Waals surface area contributed by atoms with Crippen LogP contribution in [-0.4, -0.2) is 11.4 Å². The van der Waals surface area contributed by atoms with Crippen LogP contribution in [0.3, 0.4) is 0 Å². The van der Waals surface area contributed by atoms with Crippen molar-refractivity contribution in [2.24, 2.45) is 11.3 Å². The van der Waals surface area contributed by atoms with Crippen LogP contribution in [0.25, 0.3) is 0 Å². The van der Waals surface area contributed by atoms with E-state index in [-0.39, 0.29) is 0 Å². The number of rotatable bonds is 2. The molecule has 2 rings (SSSR count). The highest BCUT2D eigenvalue weighted by Gasteiger charge is 2.26. The van der Waals surface area contributed by atoms with Gasteiger partial charge in [0, 0.05) is 25.3 Å². The molecule has 2 N–H and O–H groups in total. The minimum absolute atomic E-state index is 0.375. The molecule has 94 valence electrons. The molecule has 1 aromatic carbocycles. The Bertz CT molecular complexity index is 404. The predicted molar refractivity (Wildman–Crippen MR) is 73.6 cm³/mol. The number of nitrogens with two attached hydrogens (primary N) is 1. The van der Waals surface area contributed by atoms with Crippen molar-refractivity contribution in [3.05, 3.63) is 29.3 Å². The summed E-state index contributed by atoms with van der Waals surface area (Å²) in [6.45, 7) is 12.5. The SMILES string of the molecule is CC(CN1Cc2cccc(N)c2C1)C(C)(C)C. The third-order valence-electron chi connectivity index (χ3n) is 4.10. The van der Waals surface area contributed by atoms with Crippen molar-refractivity contribution in [2.75, 3.05) is 12.3 Å². The number of anilines is 1. The van der Waals surface area contributed by atoms with Gasteiger partial charge in [0.05, 0.1) is 0 Å². The first-order valence-corrected chi connectivity index (χ1v) is 6.46. The van der Waals surface area contributed by atoms with Crippen LogP contribution in [0.1, 0.15) is 38.8 Å². The molecule has 0 fully saturated rings. The zero-order valence-electron chi connectivity index (χ0n) is 11.5. The molecular formula is C15H24N2. The normalized spacial score (nSPS) is 18.1. The Labute approximate surface area is 105 Å². The van der Waals surface area contributed by atoms with E-state index in [1.807, 2.05) is 6.07 Å². The molecule has 2 heteroatoms. The fraction of sp³-hybridized carbons (Fsp3) is 0.600. The molecule has 0 amide bonds. The van der Waals surface area contributed by atoms with Crippen LogP contribution in [0, 0.1) is 11.3 Å². The topological polar surface area (TPSA) is 29.3 Å². The first kappa shape index (κ1) is 12.4. The van der Waals surface area contributed by atoms with Gasteiger partial charge in [-0.2, -0.15) is 0 Å². The molecule has 0 aliphatic carbocycles. The Hall–Kier alpha value is -1.02. The Kier molecular flexibility index (Phi) is 3.17. The van der Waals surface area contributed by atoms with Gasteiger partial charge in [-0.3, -0.25) is 4.90 Å². The van der Waals surface area contributed by atoms with Gasteiger partial charge in [0.1, 0.15) is 0 Å². The summed E-state index contributed by atoms with van der Waals surface area (Å²) in [6, 6.07) is 6.27. The average molecular weight is 232 g/mol.